The van der Waals surface area contributed by atoms with Crippen LogP contribution in [0.5, 0.6) is 0 Å². The number of benzene rings is 1. The Kier molecular flexibility index (Phi) is 4.03. The number of carboxylic acid groups (broad SMARTS) is 1. The minimum Gasteiger partial charge on any atom is -0.481 e. The highest BCUT2D eigenvalue weighted by molar-refractivity contribution is 5.70. The van der Waals surface area contributed by atoms with Crippen molar-refractivity contribution in [2.45, 2.75) is 25.4 Å². The summed E-state index contributed by atoms with van der Waals surface area (Å²) in [4.78, 5) is 16.0. The summed E-state index contributed by atoms with van der Waals surface area (Å²) in [5, 5.41) is 9.14. The second kappa shape index (κ2) is 5.94. The molecule has 1 aromatic rings. The molecule has 2 fully saturated rings. The monoisotopic (exact) mass is 274 g/mol. The zero-order chi connectivity index (χ0) is 13.9. The molecule has 2 atom stereocenters. The van der Waals surface area contributed by atoms with E-state index in [2.05, 4.69) is 40.1 Å². The number of hydrogen-bond acceptors (Lipinski definition) is 3. The van der Waals surface area contributed by atoms with Gasteiger partial charge in [-0.15, -0.1) is 0 Å². The zero-order valence-electron chi connectivity index (χ0n) is 11.7. The first-order chi connectivity index (χ1) is 9.72. The molecule has 0 bridgehead atoms. The number of piperidine rings is 1. The van der Waals surface area contributed by atoms with Gasteiger partial charge in [-0.05, 0) is 18.4 Å². The molecule has 2 unspecified atom stereocenters. The Hall–Kier alpha value is -1.39. The Morgan fingerprint density at radius 1 is 1.15 bits per heavy atom. The number of aliphatic carboxylic acids is 1. The fourth-order valence-corrected chi connectivity index (χ4v) is 3.43. The maximum absolute atomic E-state index is 11.1. The summed E-state index contributed by atoms with van der Waals surface area (Å²) in [6.07, 6.45) is 1.85. The molecule has 108 valence electrons. The SMILES string of the molecule is O=C(O)C1CCC2CN(Cc3ccccc3)CCN2C1. The van der Waals surface area contributed by atoms with E-state index in [1.807, 2.05) is 0 Å². The third-order valence-corrected chi connectivity index (χ3v) is 4.59. The van der Waals surface area contributed by atoms with E-state index in [-0.39, 0.29) is 5.92 Å². The first-order valence-corrected chi connectivity index (χ1v) is 7.45. The number of carbonyl (C=O) groups is 1. The van der Waals surface area contributed by atoms with E-state index < -0.39 is 5.97 Å². The quantitative estimate of drug-likeness (QED) is 0.910. The summed E-state index contributed by atoms with van der Waals surface area (Å²) >= 11 is 0. The van der Waals surface area contributed by atoms with Crippen molar-refractivity contribution in [3.05, 3.63) is 35.9 Å². The molecule has 2 heterocycles. The van der Waals surface area contributed by atoms with Crippen LogP contribution in [-0.4, -0.2) is 53.1 Å². The molecular formula is C16H22N2O2. The lowest BCUT2D eigenvalue weighted by atomic mass is 9.91. The van der Waals surface area contributed by atoms with Crippen molar-refractivity contribution in [3.8, 4) is 0 Å². The van der Waals surface area contributed by atoms with E-state index in [1.165, 1.54) is 5.56 Å². The predicted octanol–water partition coefficient (Wildman–Crippen LogP) is 1.67. The number of piperazine rings is 1. The summed E-state index contributed by atoms with van der Waals surface area (Å²) in [6, 6.07) is 11.1. The van der Waals surface area contributed by atoms with Crippen LogP contribution in [0.25, 0.3) is 0 Å². The van der Waals surface area contributed by atoms with Gasteiger partial charge in [0.1, 0.15) is 0 Å². The van der Waals surface area contributed by atoms with Crippen LogP contribution in [-0.2, 0) is 11.3 Å². The van der Waals surface area contributed by atoms with E-state index in [1.54, 1.807) is 0 Å². The van der Waals surface area contributed by atoms with Gasteiger partial charge in [0.2, 0.25) is 0 Å². The molecule has 0 aromatic heterocycles. The molecule has 2 saturated heterocycles. The van der Waals surface area contributed by atoms with Crippen LogP contribution < -0.4 is 0 Å². The van der Waals surface area contributed by atoms with Gasteiger partial charge in [-0.1, -0.05) is 30.3 Å². The van der Waals surface area contributed by atoms with Crippen LogP contribution in [0.15, 0.2) is 30.3 Å². The van der Waals surface area contributed by atoms with Crippen LogP contribution in [0.1, 0.15) is 18.4 Å². The highest BCUT2D eigenvalue weighted by Crippen LogP contribution is 2.25. The van der Waals surface area contributed by atoms with Gasteiger partial charge in [-0.3, -0.25) is 14.6 Å². The largest absolute Gasteiger partial charge is 0.481 e. The molecule has 2 aliphatic rings. The Balaban J connectivity index is 1.56. The predicted molar refractivity (Wildman–Crippen MR) is 77.4 cm³/mol. The lowest BCUT2D eigenvalue weighted by Crippen LogP contribution is -2.56. The van der Waals surface area contributed by atoms with Crippen LogP contribution in [0.2, 0.25) is 0 Å². The van der Waals surface area contributed by atoms with Crippen LogP contribution in [0.4, 0.5) is 0 Å². The molecule has 4 nitrogen and oxygen atoms in total. The van der Waals surface area contributed by atoms with E-state index in [0.29, 0.717) is 6.04 Å². The average Bonchev–Trinajstić information content (AvgIpc) is 2.47. The van der Waals surface area contributed by atoms with Crippen LogP contribution in [0, 0.1) is 5.92 Å². The Bertz CT molecular complexity index is 463. The number of hydrogen-bond donors (Lipinski definition) is 1. The van der Waals surface area contributed by atoms with Crippen molar-refractivity contribution >= 4 is 5.97 Å². The summed E-state index contributed by atoms with van der Waals surface area (Å²) < 4.78 is 0. The van der Waals surface area contributed by atoms with Gasteiger partial charge in [0, 0.05) is 38.8 Å². The van der Waals surface area contributed by atoms with Crippen LogP contribution in [0.3, 0.4) is 0 Å². The first-order valence-electron chi connectivity index (χ1n) is 7.45. The Morgan fingerprint density at radius 3 is 2.70 bits per heavy atom. The molecule has 2 aliphatic heterocycles. The van der Waals surface area contributed by atoms with Gasteiger partial charge in [0.25, 0.3) is 0 Å². The first kappa shape index (κ1) is 13.6. The Morgan fingerprint density at radius 2 is 1.95 bits per heavy atom. The van der Waals surface area contributed by atoms with Gasteiger partial charge in [0.15, 0.2) is 0 Å². The second-order valence-corrected chi connectivity index (χ2v) is 5.98. The summed E-state index contributed by atoms with van der Waals surface area (Å²) in [6.45, 7) is 4.85. The van der Waals surface area contributed by atoms with Gasteiger partial charge in [-0.25, -0.2) is 0 Å². The molecule has 4 heteroatoms. The van der Waals surface area contributed by atoms with Gasteiger partial charge >= 0.3 is 5.97 Å². The smallest absolute Gasteiger partial charge is 0.307 e. The van der Waals surface area contributed by atoms with Gasteiger partial charge in [-0.2, -0.15) is 0 Å². The van der Waals surface area contributed by atoms with Crippen molar-refractivity contribution in [1.82, 2.24) is 9.80 Å². The fourth-order valence-electron chi connectivity index (χ4n) is 3.43. The summed E-state index contributed by atoms with van der Waals surface area (Å²) in [5.74, 6) is -0.790. The van der Waals surface area contributed by atoms with E-state index >= 15 is 0 Å². The lowest BCUT2D eigenvalue weighted by Gasteiger charge is -2.45. The lowest BCUT2D eigenvalue weighted by molar-refractivity contribution is -0.144. The maximum atomic E-state index is 11.1. The minimum absolute atomic E-state index is 0.160. The molecule has 0 aliphatic carbocycles. The van der Waals surface area contributed by atoms with E-state index in [9.17, 15) is 4.79 Å². The van der Waals surface area contributed by atoms with Crippen LogP contribution >= 0.6 is 0 Å². The normalized spacial score (nSPS) is 28.0. The van der Waals surface area contributed by atoms with E-state index in [0.717, 1.165) is 45.6 Å². The number of fused-ring (bicyclic) bond motifs is 1. The topological polar surface area (TPSA) is 43.8 Å². The fraction of sp³-hybridized carbons (Fsp3) is 0.562. The molecule has 0 saturated carbocycles. The molecule has 1 N–H and O–H groups in total. The highest BCUT2D eigenvalue weighted by Gasteiger charge is 2.35. The summed E-state index contributed by atoms with van der Waals surface area (Å²) in [5.41, 5.74) is 1.36. The number of carboxylic acids is 1. The molecule has 20 heavy (non-hydrogen) atoms. The molecule has 0 amide bonds. The highest BCUT2D eigenvalue weighted by atomic mass is 16.4. The molecular weight excluding hydrogens is 252 g/mol. The molecule has 0 spiro atoms. The molecule has 3 rings (SSSR count). The molecule has 1 aromatic carbocycles. The Labute approximate surface area is 120 Å². The van der Waals surface area contributed by atoms with Crippen molar-refractivity contribution in [2.75, 3.05) is 26.2 Å². The minimum atomic E-state index is -0.629. The average molecular weight is 274 g/mol. The third kappa shape index (κ3) is 3.02. The number of nitrogens with zero attached hydrogens (tertiary/aromatic N) is 2. The van der Waals surface area contributed by atoms with E-state index in [4.69, 9.17) is 5.11 Å². The van der Waals surface area contributed by atoms with Gasteiger partial charge < -0.3 is 5.11 Å². The maximum Gasteiger partial charge on any atom is 0.307 e. The second-order valence-electron chi connectivity index (χ2n) is 5.98. The third-order valence-electron chi connectivity index (χ3n) is 4.59. The zero-order valence-corrected chi connectivity index (χ0v) is 11.7. The van der Waals surface area contributed by atoms with Crippen molar-refractivity contribution in [1.29, 1.82) is 0 Å². The van der Waals surface area contributed by atoms with Crippen molar-refractivity contribution in [2.24, 2.45) is 5.92 Å². The number of rotatable bonds is 3. The molecule has 0 radical (unpaired) electrons. The van der Waals surface area contributed by atoms with Gasteiger partial charge in [0.05, 0.1) is 5.92 Å². The standard InChI is InChI=1S/C16H22N2O2/c19-16(20)14-6-7-15-12-17(8-9-18(15)11-14)10-13-4-2-1-3-5-13/h1-5,14-15H,6-12H2,(H,19,20). The van der Waals surface area contributed by atoms with Crippen molar-refractivity contribution < 1.29 is 9.90 Å². The van der Waals surface area contributed by atoms with Crippen molar-refractivity contribution in [3.63, 3.8) is 0 Å². The summed E-state index contributed by atoms with van der Waals surface area (Å²) in [7, 11) is 0.